The Kier molecular flexibility index (Phi) is 1.99. The smallest absolute Gasteiger partial charge is 0.388 e. The largest absolute Gasteiger partial charge is 0.433 e. The minimum absolute atomic E-state index is 0.368. The van der Waals surface area contributed by atoms with Gasteiger partial charge in [0, 0.05) is 11.3 Å². The van der Waals surface area contributed by atoms with Gasteiger partial charge in [0.15, 0.2) is 0 Å². The van der Waals surface area contributed by atoms with E-state index in [1.807, 2.05) is 0 Å². The summed E-state index contributed by atoms with van der Waals surface area (Å²) in [6, 6.07) is 2.22. The second-order valence-electron chi connectivity index (χ2n) is 3.28. The van der Waals surface area contributed by atoms with Gasteiger partial charge < -0.3 is 5.11 Å². The highest BCUT2D eigenvalue weighted by molar-refractivity contribution is 5.30. The van der Waals surface area contributed by atoms with Gasteiger partial charge in [-0.2, -0.15) is 13.2 Å². The van der Waals surface area contributed by atoms with E-state index in [0.717, 1.165) is 6.07 Å². The summed E-state index contributed by atoms with van der Waals surface area (Å²) in [6.45, 7) is 0. The third-order valence-electron chi connectivity index (χ3n) is 2.31. The van der Waals surface area contributed by atoms with Gasteiger partial charge in [0.1, 0.15) is 5.69 Å². The van der Waals surface area contributed by atoms with Crippen LogP contribution in [0.15, 0.2) is 12.1 Å². The average molecular weight is 203 g/mol. The van der Waals surface area contributed by atoms with Crippen LogP contribution in [0.2, 0.25) is 0 Å². The molecule has 0 aromatic carbocycles. The molecule has 1 atom stereocenters. The van der Waals surface area contributed by atoms with Gasteiger partial charge in [0.25, 0.3) is 0 Å². The number of pyridine rings is 1. The second-order valence-corrected chi connectivity index (χ2v) is 3.28. The van der Waals surface area contributed by atoms with Crippen LogP contribution < -0.4 is 0 Å². The summed E-state index contributed by atoms with van der Waals surface area (Å²) in [5.74, 6) is 0. The number of nitrogens with zero attached hydrogens (tertiary/aromatic N) is 1. The fraction of sp³-hybridized carbons (Fsp3) is 0.444. The van der Waals surface area contributed by atoms with E-state index in [0.29, 0.717) is 24.1 Å². The van der Waals surface area contributed by atoms with E-state index < -0.39 is 18.0 Å². The van der Waals surface area contributed by atoms with Crippen LogP contribution in [0.25, 0.3) is 0 Å². The van der Waals surface area contributed by atoms with Crippen LogP contribution in [0.5, 0.6) is 0 Å². The number of fused-ring (bicyclic) bond motifs is 1. The molecule has 0 saturated carbocycles. The fourth-order valence-electron chi connectivity index (χ4n) is 1.60. The molecule has 0 spiro atoms. The van der Waals surface area contributed by atoms with Crippen molar-refractivity contribution in [2.24, 2.45) is 0 Å². The molecule has 2 rings (SSSR count). The normalized spacial score (nSPS) is 21.0. The predicted octanol–water partition coefficient (Wildman–Crippen LogP) is 2.08. The first-order valence-corrected chi connectivity index (χ1v) is 4.23. The number of alkyl halides is 3. The zero-order valence-electron chi connectivity index (χ0n) is 7.17. The lowest BCUT2D eigenvalue weighted by atomic mass is 10.2. The predicted molar refractivity (Wildman–Crippen MR) is 42.5 cm³/mol. The van der Waals surface area contributed by atoms with Crippen LogP contribution in [-0.4, -0.2) is 10.1 Å². The van der Waals surface area contributed by atoms with Crippen molar-refractivity contribution >= 4 is 0 Å². The van der Waals surface area contributed by atoms with Gasteiger partial charge in [0.2, 0.25) is 0 Å². The Labute approximate surface area is 78.4 Å². The number of aryl methyl sites for hydroxylation is 1. The van der Waals surface area contributed by atoms with Crippen molar-refractivity contribution in [2.75, 3.05) is 0 Å². The van der Waals surface area contributed by atoms with E-state index in [-0.39, 0.29) is 0 Å². The Hall–Kier alpha value is -1.10. The number of aliphatic hydroxyl groups is 1. The lowest BCUT2D eigenvalue weighted by Gasteiger charge is -2.08. The minimum atomic E-state index is -4.40. The molecule has 1 heterocycles. The highest BCUT2D eigenvalue weighted by Crippen LogP contribution is 2.33. The molecule has 1 aromatic heterocycles. The number of aliphatic hydroxyl groups excluding tert-OH is 1. The van der Waals surface area contributed by atoms with Crippen LogP contribution in [0.4, 0.5) is 13.2 Å². The molecule has 1 aromatic rings. The quantitative estimate of drug-likeness (QED) is 0.700. The number of halogens is 3. The van der Waals surface area contributed by atoms with Crippen molar-refractivity contribution in [3.63, 3.8) is 0 Å². The maximum Gasteiger partial charge on any atom is 0.433 e. The number of rotatable bonds is 0. The van der Waals surface area contributed by atoms with E-state index in [9.17, 15) is 18.3 Å². The minimum Gasteiger partial charge on any atom is -0.388 e. The summed E-state index contributed by atoms with van der Waals surface area (Å²) in [4.78, 5) is 3.49. The molecule has 76 valence electrons. The summed E-state index contributed by atoms with van der Waals surface area (Å²) in [7, 11) is 0. The number of hydrogen-bond donors (Lipinski definition) is 1. The molecule has 0 saturated heterocycles. The summed E-state index contributed by atoms with van der Waals surface area (Å²) in [5, 5.41) is 9.35. The van der Waals surface area contributed by atoms with E-state index in [1.165, 1.54) is 6.07 Å². The SMILES string of the molecule is OC1CCc2nc(C(F)(F)F)ccc21. The molecule has 1 unspecified atom stereocenters. The Morgan fingerprint density at radius 1 is 1.36 bits per heavy atom. The first kappa shape index (κ1) is 9.45. The van der Waals surface area contributed by atoms with Gasteiger partial charge in [-0.25, -0.2) is 4.98 Å². The molecule has 0 amide bonds. The molecule has 0 aliphatic heterocycles. The maximum atomic E-state index is 12.2. The van der Waals surface area contributed by atoms with Crippen LogP contribution in [-0.2, 0) is 12.6 Å². The second kappa shape index (κ2) is 2.95. The van der Waals surface area contributed by atoms with Crippen molar-refractivity contribution in [1.29, 1.82) is 0 Å². The molecule has 5 heteroatoms. The van der Waals surface area contributed by atoms with Gasteiger partial charge in [0.05, 0.1) is 6.10 Å². The van der Waals surface area contributed by atoms with Crippen molar-refractivity contribution in [3.05, 3.63) is 29.1 Å². The molecular formula is C9H8F3NO. The molecule has 0 radical (unpaired) electrons. The number of aromatic nitrogens is 1. The first-order valence-electron chi connectivity index (χ1n) is 4.23. The van der Waals surface area contributed by atoms with Crippen molar-refractivity contribution in [3.8, 4) is 0 Å². The molecule has 2 nitrogen and oxygen atoms in total. The topological polar surface area (TPSA) is 33.1 Å². The third-order valence-corrected chi connectivity index (χ3v) is 2.31. The van der Waals surface area contributed by atoms with E-state index in [4.69, 9.17) is 0 Å². The summed E-state index contributed by atoms with van der Waals surface area (Å²) >= 11 is 0. The van der Waals surface area contributed by atoms with E-state index >= 15 is 0 Å². The van der Waals surface area contributed by atoms with Gasteiger partial charge in [-0.05, 0) is 18.9 Å². The van der Waals surface area contributed by atoms with Gasteiger partial charge >= 0.3 is 6.18 Å². The van der Waals surface area contributed by atoms with Gasteiger partial charge in [-0.1, -0.05) is 6.07 Å². The Morgan fingerprint density at radius 3 is 2.71 bits per heavy atom. The van der Waals surface area contributed by atoms with Gasteiger partial charge in [-0.15, -0.1) is 0 Å². The van der Waals surface area contributed by atoms with Crippen molar-refractivity contribution in [1.82, 2.24) is 4.98 Å². The Bertz CT molecular complexity index is 362. The van der Waals surface area contributed by atoms with Crippen LogP contribution >= 0.6 is 0 Å². The molecule has 0 fully saturated rings. The highest BCUT2D eigenvalue weighted by atomic mass is 19.4. The lowest BCUT2D eigenvalue weighted by Crippen LogP contribution is -2.09. The standard InChI is InChI=1S/C9H8F3NO/c10-9(11,12)8-4-1-5-6(13-8)2-3-7(5)14/h1,4,7,14H,2-3H2. The summed E-state index contributed by atoms with van der Waals surface area (Å²) < 4.78 is 36.7. The third kappa shape index (κ3) is 1.48. The molecule has 1 aliphatic carbocycles. The molecule has 1 N–H and O–H groups in total. The Balaban J connectivity index is 2.42. The molecule has 14 heavy (non-hydrogen) atoms. The van der Waals surface area contributed by atoms with Crippen LogP contribution in [0.1, 0.15) is 29.5 Å². The number of hydrogen-bond acceptors (Lipinski definition) is 2. The monoisotopic (exact) mass is 203 g/mol. The first-order chi connectivity index (χ1) is 6.48. The lowest BCUT2D eigenvalue weighted by molar-refractivity contribution is -0.141. The highest BCUT2D eigenvalue weighted by Gasteiger charge is 2.34. The van der Waals surface area contributed by atoms with E-state index in [2.05, 4.69) is 4.98 Å². The average Bonchev–Trinajstić information content (AvgIpc) is 2.46. The van der Waals surface area contributed by atoms with Crippen molar-refractivity contribution < 1.29 is 18.3 Å². The molecular weight excluding hydrogens is 195 g/mol. The van der Waals surface area contributed by atoms with Crippen LogP contribution in [0.3, 0.4) is 0 Å². The van der Waals surface area contributed by atoms with E-state index in [1.54, 1.807) is 0 Å². The van der Waals surface area contributed by atoms with Crippen LogP contribution in [0, 0.1) is 0 Å². The zero-order chi connectivity index (χ0) is 10.3. The Morgan fingerprint density at radius 2 is 2.07 bits per heavy atom. The maximum absolute atomic E-state index is 12.2. The molecule has 1 aliphatic rings. The molecule has 0 bridgehead atoms. The van der Waals surface area contributed by atoms with Crippen molar-refractivity contribution in [2.45, 2.75) is 25.1 Å². The fourth-order valence-corrected chi connectivity index (χ4v) is 1.60. The summed E-state index contributed by atoms with van der Waals surface area (Å²) in [6.07, 6.45) is -4.17. The van der Waals surface area contributed by atoms with Gasteiger partial charge in [-0.3, -0.25) is 0 Å². The zero-order valence-corrected chi connectivity index (χ0v) is 7.17. The summed E-state index contributed by atoms with van der Waals surface area (Å²) in [5.41, 5.74) is 0.00988.